The van der Waals surface area contributed by atoms with Gasteiger partial charge in [-0.3, -0.25) is 3.97 Å². The van der Waals surface area contributed by atoms with Crippen LogP contribution in [0.4, 0.5) is 5.82 Å². The van der Waals surface area contributed by atoms with Crippen LogP contribution >= 0.6 is 11.1 Å². The SMILES string of the molecule is CCC1CCCC1C(O)[SH]1C(C2CC2)=Nc2cncn21. The summed E-state index contributed by atoms with van der Waals surface area (Å²) in [7, 11) is 0. The Kier molecular flexibility index (Phi) is 3.15. The summed E-state index contributed by atoms with van der Waals surface area (Å²) in [6.45, 7) is 2.26. The molecule has 4 rings (SSSR count). The lowest BCUT2D eigenvalue weighted by atomic mass is 9.94. The Morgan fingerprint density at radius 3 is 3.00 bits per heavy atom. The van der Waals surface area contributed by atoms with E-state index in [9.17, 15) is 5.11 Å². The maximum Gasteiger partial charge on any atom is 0.162 e. The van der Waals surface area contributed by atoms with Gasteiger partial charge in [0.2, 0.25) is 0 Å². The van der Waals surface area contributed by atoms with Crippen LogP contribution in [0.2, 0.25) is 0 Å². The van der Waals surface area contributed by atoms with E-state index in [0.29, 0.717) is 17.8 Å². The highest BCUT2D eigenvalue weighted by Gasteiger charge is 2.43. The second kappa shape index (κ2) is 4.88. The largest absolute Gasteiger partial charge is 0.382 e. The number of aliphatic hydroxyl groups excluding tert-OH is 1. The first-order chi connectivity index (χ1) is 9.79. The molecule has 4 nitrogen and oxygen atoms in total. The molecule has 0 bridgehead atoms. The minimum atomic E-state index is -0.709. The Morgan fingerprint density at radius 2 is 2.25 bits per heavy atom. The van der Waals surface area contributed by atoms with Crippen molar-refractivity contribution in [2.24, 2.45) is 22.7 Å². The topological polar surface area (TPSA) is 50.4 Å². The van der Waals surface area contributed by atoms with Gasteiger partial charge in [0.05, 0.1) is 11.2 Å². The number of hydrogen-bond donors (Lipinski definition) is 2. The van der Waals surface area contributed by atoms with Crippen LogP contribution in [0.15, 0.2) is 17.5 Å². The first-order valence-electron chi connectivity index (χ1n) is 7.88. The maximum atomic E-state index is 11.1. The highest BCUT2D eigenvalue weighted by Crippen LogP contribution is 2.55. The molecule has 1 aromatic heterocycles. The van der Waals surface area contributed by atoms with Gasteiger partial charge in [0, 0.05) is 5.92 Å². The molecule has 2 saturated carbocycles. The lowest BCUT2D eigenvalue weighted by molar-refractivity contribution is 0.159. The molecule has 0 spiro atoms. The number of imidazole rings is 1. The number of hydrogen-bond acceptors (Lipinski definition) is 3. The van der Waals surface area contributed by atoms with E-state index in [2.05, 4.69) is 15.9 Å². The van der Waals surface area contributed by atoms with E-state index in [1.54, 1.807) is 0 Å². The number of aromatic nitrogens is 2. The Bertz CT molecular complexity index is 537. The Balaban J connectivity index is 1.64. The van der Waals surface area contributed by atoms with Crippen LogP contribution in [0.5, 0.6) is 0 Å². The summed E-state index contributed by atoms with van der Waals surface area (Å²) < 4.78 is 2.17. The second-order valence-corrected chi connectivity index (χ2v) is 8.47. The summed E-state index contributed by atoms with van der Waals surface area (Å²) in [5.74, 6) is 2.75. The molecule has 0 radical (unpaired) electrons. The monoisotopic (exact) mass is 293 g/mol. The molecular weight excluding hydrogens is 270 g/mol. The number of aliphatic hydroxyl groups is 1. The molecular formula is C15H23N3OS. The van der Waals surface area contributed by atoms with E-state index >= 15 is 0 Å². The average Bonchev–Trinajstić information content (AvgIpc) is 2.91. The van der Waals surface area contributed by atoms with Crippen LogP contribution in [0, 0.1) is 17.8 Å². The van der Waals surface area contributed by atoms with Crippen molar-refractivity contribution in [3.8, 4) is 0 Å². The van der Waals surface area contributed by atoms with Crippen LogP contribution in [-0.4, -0.2) is 24.5 Å². The molecule has 2 aliphatic carbocycles. The molecule has 0 saturated heterocycles. The smallest absolute Gasteiger partial charge is 0.162 e. The van der Waals surface area contributed by atoms with Crippen molar-refractivity contribution in [1.82, 2.24) is 8.96 Å². The molecule has 2 fully saturated rings. The summed E-state index contributed by atoms with van der Waals surface area (Å²) in [6.07, 6.45) is 11.2. The summed E-state index contributed by atoms with van der Waals surface area (Å²) in [6, 6.07) is 0. The molecule has 3 aliphatic rings. The molecule has 4 atom stereocenters. The van der Waals surface area contributed by atoms with Crippen LogP contribution in [0.1, 0.15) is 45.4 Å². The molecule has 1 N–H and O–H groups in total. The molecule has 5 heteroatoms. The quantitative estimate of drug-likeness (QED) is 0.837. The van der Waals surface area contributed by atoms with Gasteiger partial charge in [0.15, 0.2) is 5.82 Å². The normalized spacial score (nSPS) is 35.9. The number of rotatable bonds is 4. The molecule has 4 unspecified atom stereocenters. The predicted octanol–water partition coefficient (Wildman–Crippen LogP) is 3.25. The van der Waals surface area contributed by atoms with Crippen LogP contribution in [0.25, 0.3) is 0 Å². The number of thiol groups is 1. The third-order valence-electron chi connectivity index (χ3n) is 5.12. The lowest BCUT2D eigenvalue weighted by Gasteiger charge is -2.33. The molecule has 1 aromatic rings. The highest BCUT2D eigenvalue weighted by atomic mass is 32.2. The van der Waals surface area contributed by atoms with Crippen LogP contribution in [-0.2, 0) is 0 Å². The predicted molar refractivity (Wildman–Crippen MR) is 83.6 cm³/mol. The van der Waals surface area contributed by atoms with E-state index in [1.807, 2.05) is 12.5 Å². The fourth-order valence-corrected chi connectivity index (χ4v) is 6.66. The third-order valence-corrected chi connectivity index (χ3v) is 7.71. The Hall–Kier alpha value is -0.810. The van der Waals surface area contributed by atoms with Crippen molar-refractivity contribution < 1.29 is 5.11 Å². The molecule has 1 aliphatic heterocycles. The second-order valence-electron chi connectivity index (χ2n) is 6.36. The Morgan fingerprint density at radius 1 is 1.40 bits per heavy atom. The fraction of sp³-hybridized carbons (Fsp3) is 0.733. The van der Waals surface area contributed by atoms with Crippen molar-refractivity contribution in [2.75, 3.05) is 0 Å². The minimum Gasteiger partial charge on any atom is -0.382 e. The summed E-state index contributed by atoms with van der Waals surface area (Å²) in [5.41, 5.74) is -0.229. The first-order valence-corrected chi connectivity index (χ1v) is 9.24. The van der Waals surface area contributed by atoms with Crippen molar-refractivity contribution in [3.05, 3.63) is 12.5 Å². The van der Waals surface area contributed by atoms with Gasteiger partial charge in [-0.2, -0.15) is 0 Å². The number of aliphatic imine (C=N–C) groups is 1. The van der Waals surface area contributed by atoms with Crippen molar-refractivity contribution >= 4 is 21.9 Å². The van der Waals surface area contributed by atoms with Crippen LogP contribution < -0.4 is 0 Å². The zero-order valence-electron chi connectivity index (χ0n) is 11.9. The van der Waals surface area contributed by atoms with Gasteiger partial charge < -0.3 is 5.11 Å². The van der Waals surface area contributed by atoms with E-state index in [4.69, 9.17) is 4.99 Å². The van der Waals surface area contributed by atoms with Gasteiger partial charge in [-0.1, -0.05) is 26.2 Å². The van der Waals surface area contributed by atoms with Crippen LogP contribution in [0.3, 0.4) is 0 Å². The highest BCUT2D eigenvalue weighted by molar-refractivity contribution is 8.29. The van der Waals surface area contributed by atoms with Crippen molar-refractivity contribution in [3.63, 3.8) is 0 Å². The van der Waals surface area contributed by atoms with Gasteiger partial charge in [-0.15, -0.1) is 11.1 Å². The Labute approximate surface area is 122 Å². The zero-order chi connectivity index (χ0) is 13.7. The molecule has 0 amide bonds. The standard InChI is InChI=1S/C15H23N3OS/c1-2-10-4-3-5-12(10)15(19)20-14(11-6-7-11)17-13-8-16-9-18(13)20/h8-12,15,19-20H,2-7H2,1H3. The lowest BCUT2D eigenvalue weighted by Crippen LogP contribution is -2.28. The number of nitrogens with zero attached hydrogens (tertiary/aromatic N) is 3. The minimum absolute atomic E-state index is 0.229. The fourth-order valence-electron chi connectivity index (χ4n) is 3.84. The van der Waals surface area contributed by atoms with E-state index < -0.39 is 11.1 Å². The van der Waals surface area contributed by atoms with E-state index in [0.717, 1.165) is 5.82 Å². The van der Waals surface area contributed by atoms with Gasteiger partial charge >= 0.3 is 0 Å². The zero-order valence-corrected chi connectivity index (χ0v) is 12.8. The molecule has 110 valence electrons. The van der Waals surface area contributed by atoms with Crippen molar-refractivity contribution in [2.45, 2.75) is 50.9 Å². The summed E-state index contributed by atoms with van der Waals surface area (Å²) in [5, 5.41) is 12.3. The molecule has 2 heterocycles. The van der Waals surface area contributed by atoms with Gasteiger partial charge in [0.1, 0.15) is 11.8 Å². The summed E-state index contributed by atoms with van der Waals surface area (Å²) in [4.78, 5) is 9.00. The number of fused-ring (bicyclic) bond motifs is 1. The van der Waals surface area contributed by atoms with Gasteiger partial charge in [-0.25, -0.2) is 9.98 Å². The average molecular weight is 293 g/mol. The van der Waals surface area contributed by atoms with Crippen molar-refractivity contribution in [1.29, 1.82) is 0 Å². The maximum absolute atomic E-state index is 11.1. The first kappa shape index (κ1) is 12.9. The molecule has 20 heavy (non-hydrogen) atoms. The van der Waals surface area contributed by atoms with E-state index in [1.165, 1.54) is 43.6 Å². The molecule has 0 aromatic carbocycles. The summed E-state index contributed by atoms with van der Waals surface area (Å²) >= 11 is -0.709. The van der Waals surface area contributed by atoms with E-state index in [-0.39, 0.29) is 5.44 Å². The van der Waals surface area contributed by atoms with Gasteiger partial charge in [-0.05, 0) is 31.1 Å². The van der Waals surface area contributed by atoms with Gasteiger partial charge in [0.25, 0.3) is 0 Å². The third kappa shape index (κ3) is 1.94.